The monoisotopic (exact) mass is 507 g/mol. The number of likely N-dealkylation sites (N-methyl/N-ethyl adjacent to an activating group) is 1. The van der Waals surface area contributed by atoms with E-state index in [1.807, 2.05) is 46.3 Å². The molecule has 10 nitrogen and oxygen atoms in total. The van der Waals surface area contributed by atoms with Gasteiger partial charge in [-0.2, -0.15) is 0 Å². The van der Waals surface area contributed by atoms with E-state index in [2.05, 4.69) is 32.1 Å². The Kier molecular flexibility index (Phi) is 7.28. The molecule has 1 aromatic carbocycles. The number of carbonyl (C=O) groups is 1. The van der Waals surface area contributed by atoms with Crippen LogP contribution in [0.25, 0.3) is 16.2 Å². The van der Waals surface area contributed by atoms with Gasteiger partial charge in [-0.25, -0.2) is 15.0 Å². The highest BCUT2D eigenvalue weighted by Crippen LogP contribution is 2.25. The normalized spacial score (nSPS) is 14.2. The van der Waals surface area contributed by atoms with Crippen molar-refractivity contribution in [3.8, 4) is 22.9 Å². The van der Waals surface area contributed by atoms with Gasteiger partial charge in [0.2, 0.25) is 11.8 Å². The van der Waals surface area contributed by atoms with Crippen molar-refractivity contribution in [2.75, 3.05) is 58.4 Å². The molecule has 5 rings (SSSR count). The van der Waals surface area contributed by atoms with Crippen LogP contribution in [0.3, 0.4) is 0 Å². The molecule has 0 bridgehead atoms. The standard InChI is InChI=1S/C25H29N7O3S/c1-30-8-10-31(11-9-30)22-14-24(28-17-27-22)35-12-7-26-23(33)13-19-16-36-25-29-21(15-32(19)25)18-3-5-20(34-2)6-4-18/h3-6,14-17H,7-13H2,1-2H3,(H,26,33). The molecule has 1 aliphatic heterocycles. The second-order valence-electron chi connectivity index (χ2n) is 8.61. The second kappa shape index (κ2) is 10.9. The number of thiazole rings is 1. The number of ether oxygens (including phenoxy) is 2. The maximum absolute atomic E-state index is 12.6. The highest BCUT2D eigenvalue weighted by atomic mass is 32.1. The summed E-state index contributed by atoms with van der Waals surface area (Å²) in [6.07, 6.45) is 3.75. The van der Waals surface area contributed by atoms with Gasteiger partial charge in [0.25, 0.3) is 0 Å². The Bertz CT molecular complexity index is 1310. The minimum Gasteiger partial charge on any atom is -0.497 e. The Balaban J connectivity index is 1.11. The summed E-state index contributed by atoms with van der Waals surface area (Å²) in [6, 6.07) is 9.63. The van der Waals surface area contributed by atoms with Crippen LogP contribution >= 0.6 is 11.3 Å². The Morgan fingerprint density at radius 2 is 1.94 bits per heavy atom. The summed E-state index contributed by atoms with van der Waals surface area (Å²) in [5, 5.41) is 4.89. The number of fused-ring (bicyclic) bond motifs is 1. The van der Waals surface area contributed by atoms with Gasteiger partial charge < -0.3 is 24.6 Å². The number of nitrogens with one attached hydrogen (secondary N) is 1. The van der Waals surface area contributed by atoms with Crippen LogP contribution in [0.4, 0.5) is 5.82 Å². The smallest absolute Gasteiger partial charge is 0.226 e. The highest BCUT2D eigenvalue weighted by molar-refractivity contribution is 7.15. The average molecular weight is 508 g/mol. The molecule has 0 unspecified atom stereocenters. The van der Waals surface area contributed by atoms with Crippen molar-refractivity contribution in [1.82, 2.24) is 29.6 Å². The van der Waals surface area contributed by atoms with Crippen molar-refractivity contribution in [3.63, 3.8) is 0 Å². The number of methoxy groups -OCH3 is 1. The Morgan fingerprint density at radius 1 is 1.14 bits per heavy atom. The molecule has 0 spiro atoms. The number of hydrogen-bond acceptors (Lipinski definition) is 9. The lowest BCUT2D eigenvalue weighted by Crippen LogP contribution is -2.44. The van der Waals surface area contributed by atoms with Crippen LogP contribution in [0.1, 0.15) is 5.69 Å². The van der Waals surface area contributed by atoms with E-state index < -0.39 is 0 Å². The van der Waals surface area contributed by atoms with Crippen molar-refractivity contribution < 1.29 is 14.3 Å². The molecular formula is C25H29N7O3S. The minimum absolute atomic E-state index is 0.0705. The van der Waals surface area contributed by atoms with Gasteiger partial charge in [0.05, 0.1) is 25.8 Å². The molecule has 0 atom stereocenters. The number of aromatic nitrogens is 4. The quantitative estimate of drug-likeness (QED) is 0.345. The molecule has 3 aromatic heterocycles. The van der Waals surface area contributed by atoms with Gasteiger partial charge in [-0.1, -0.05) is 0 Å². The molecule has 1 aliphatic rings. The number of benzene rings is 1. The van der Waals surface area contributed by atoms with Crippen LogP contribution in [-0.2, 0) is 11.2 Å². The van der Waals surface area contributed by atoms with Crippen molar-refractivity contribution in [2.45, 2.75) is 6.42 Å². The predicted molar refractivity (Wildman–Crippen MR) is 139 cm³/mol. The van der Waals surface area contributed by atoms with E-state index in [4.69, 9.17) is 14.5 Å². The lowest BCUT2D eigenvalue weighted by atomic mass is 10.2. The van der Waals surface area contributed by atoms with Crippen LogP contribution in [-0.4, -0.2) is 83.6 Å². The lowest BCUT2D eigenvalue weighted by Gasteiger charge is -2.33. The van der Waals surface area contributed by atoms with Gasteiger partial charge in [0.1, 0.15) is 24.5 Å². The predicted octanol–water partition coefficient (Wildman–Crippen LogP) is 2.35. The van der Waals surface area contributed by atoms with Crippen molar-refractivity contribution >= 4 is 28.0 Å². The first-order chi connectivity index (χ1) is 17.6. The number of carbonyl (C=O) groups excluding carboxylic acids is 1. The molecule has 0 saturated carbocycles. The largest absolute Gasteiger partial charge is 0.497 e. The molecule has 1 N–H and O–H groups in total. The van der Waals surface area contributed by atoms with Crippen LogP contribution in [0.15, 0.2) is 48.2 Å². The first-order valence-corrected chi connectivity index (χ1v) is 12.7. The van der Waals surface area contributed by atoms with Crippen molar-refractivity contribution in [3.05, 3.63) is 53.9 Å². The van der Waals surface area contributed by atoms with Gasteiger partial charge in [0, 0.05) is 55.1 Å². The van der Waals surface area contributed by atoms with E-state index in [1.54, 1.807) is 7.11 Å². The molecule has 1 amide bonds. The molecule has 4 heterocycles. The SMILES string of the molecule is COc1ccc(-c2cn3c(CC(=O)NCCOc4cc(N5CCN(C)CC5)ncn4)csc3n2)cc1. The number of hydrogen-bond donors (Lipinski definition) is 1. The van der Waals surface area contributed by atoms with Crippen LogP contribution < -0.4 is 19.7 Å². The van der Waals surface area contributed by atoms with E-state index in [9.17, 15) is 4.79 Å². The Morgan fingerprint density at radius 3 is 2.72 bits per heavy atom. The summed E-state index contributed by atoms with van der Waals surface area (Å²) in [5.74, 6) is 2.11. The summed E-state index contributed by atoms with van der Waals surface area (Å²) in [6.45, 7) is 4.58. The molecular weight excluding hydrogens is 478 g/mol. The Labute approximate surface area is 213 Å². The van der Waals surface area contributed by atoms with E-state index in [0.717, 1.165) is 59.7 Å². The van der Waals surface area contributed by atoms with E-state index in [-0.39, 0.29) is 12.3 Å². The molecule has 1 fully saturated rings. The van der Waals surface area contributed by atoms with Crippen molar-refractivity contribution in [2.24, 2.45) is 0 Å². The van der Waals surface area contributed by atoms with Gasteiger partial charge in [-0.3, -0.25) is 9.20 Å². The molecule has 0 radical (unpaired) electrons. The fourth-order valence-corrected chi connectivity index (χ4v) is 4.92. The molecule has 36 heavy (non-hydrogen) atoms. The molecule has 11 heteroatoms. The maximum atomic E-state index is 12.6. The first kappa shape index (κ1) is 24.0. The summed E-state index contributed by atoms with van der Waals surface area (Å²) in [7, 11) is 3.77. The van der Waals surface area contributed by atoms with E-state index in [0.29, 0.717) is 19.0 Å². The third kappa shape index (κ3) is 5.58. The van der Waals surface area contributed by atoms with Crippen molar-refractivity contribution in [1.29, 1.82) is 0 Å². The number of anilines is 1. The number of nitrogens with zero attached hydrogens (tertiary/aromatic N) is 6. The summed E-state index contributed by atoms with van der Waals surface area (Å²) < 4.78 is 13.0. The summed E-state index contributed by atoms with van der Waals surface area (Å²) in [4.78, 5) is 31.2. The zero-order chi connectivity index (χ0) is 24.9. The van der Waals surface area contributed by atoms with Gasteiger partial charge >= 0.3 is 0 Å². The van der Waals surface area contributed by atoms with Gasteiger partial charge in [-0.15, -0.1) is 11.3 Å². The van der Waals surface area contributed by atoms with Crippen LogP contribution in [0.2, 0.25) is 0 Å². The average Bonchev–Trinajstić information content (AvgIpc) is 3.49. The highest BCUT2D eigenvalue weighted by Gasteiger charge is 2.16. The number of amides is 1. The number of rotatable bonds is 9. The van der Waals surface area contributed by atoms with Gasteiger partial charge in [-0.05, 0) is 31.3 Å². The third-order valence-electron chi connectivity index (χ3n) is 6.14. The maximum Gasteiger partial charge on any atom is 0.226 e. The molecule has 4 aromatic rings. The number of piperazine rings is 1. The van der Waals surface area contributed by atoms with Crippen LogP contribution in [0.5, 0.6) is 11.6 Å². The van der Waals surface area contributed by atoms with E-state index >= 15 is 0 Å². The number of imidazole rings is 1. The molecule has 188 valence electrons. The summed E-state index contributed by atoms with van der Waals surface area (Å²) in [5.41, 5.74) is 2.76. The van der Waals surface area contributed by atoms with E-state index in [1.165, 1.54) is 17.7 Å². The minimum atomic E-state index is -0.0705. The summed E-state index contributed by atoms with van der Waals surface area (Å²) >= 11 is 1.52. The topological polar surface area (TPSA) is 97.1 Å². The molecule has 1 saturated heterocycles. The second-order valence-corrected chi connectivity index (χ2v) is 9.45. The van der Waals surface area contributed by atoms with Crippen LogP contribution in [0, 0.1) is 0 Å². The zero-order valence-corrected chi connectivity index (χ0v) is 21.2. The first-order valence-electron chi connectivity index (χ1n) is 11.8. The zero-order valence-electron chi connectivity index (χ0n) is 20.4. The van der Waals surface area contributed by atoms with Gasteiger partial charge in [0.15, 0.2) is 4.96 Å². The fourth-order valence-electron chi connectivity index (χ4n) is 4.05. The fraction of sp³-hybridized carbons (Fsp3) is 0.360. The lowest BCUT2D eigenvalue weighted by molar-refractivity contribution is -0.120. The third-order valence-corrected chi connectivity index (χ3v) is 7.03. The molecule has 0 aliphatic carbocycles. The Hall–Kier alpha value is -3.70.